The molecule has 0 rings (SSSR count). The molecule has 0 aliphatic heterocycles. The molecule has 3 N–H and O–H groups in total. The van der Waals surface area contributed by atoms with Crippen molar-refractivity contribution in [1.82, 2.24) is 19.8 Å². The number of ketones is 1. The van der Waals surface area contributed by atoms with Crippen molar-refractivity contribution in [2.24, 2.45) is 5.73 Å². The summed E-state index contributed by atoms with van der Waals surface area (Å²) in [6, 6.07) is 0. The second kappa shape index (κ2) is 50.8. The van der Waals surface area contributed by atoms with Crippen LogP contribution in [0.25, 0.3) is 0 Å². The summed E-state index contributed by atoms with van der Waals surface area (Å²) in [5.74, 6) is 0.586. The number of carbonyl (C=O) groups excluding carboxylic acids is 2. The van der Waals surface area contributed by atoms with Crippen LogP contribution in [0.4, 0.5) is 0 Å². The van der Waals surface area contributed by atoms with Crippen molar-refractivity contribution >= 4 is 19.8 Å². The Kier molecular flexibility index (Phi) is 50.3. The van der Waals surface area contributed by atoms with Crippen LogP contribution >= 0.6 is 8.07 Å². The Morgan fingerprint density at radius 1 is 0.397 bits per heavy atom. The van der Waals surface area contributed by atoms with Crippen LogP contribution in [-0.2, 0) is 9.59 Å². The van der Waals surface area contributed by atoms with E-state index >= 15 is 0 Å². The molecule has 376 valence electrons. The van der Waals surface area contributed by atoms with E-state index in [1.807, 2.05) is 0 Å². The normalized spacial score (nSPS) is 11.8. The van der Waals surface area contributed by atoms with Crippen molar-refractivity contribution in [3.63, 3.8) is 0 Å². The molecule has 1 amide bonds. The zero-order valence-corrected chi connectivity index (χ0v) is 44.5. The van der Waals surface area contributed by atoms with E-state index in [1.54, 1.807) is 0 Å². The van der Waals surface area contributed by atoms with Crippen molar-refractivity contribution in [3.05, 3.63) is 0 Å². The molecular weight excluding hydrogens is 794 g/mol. The average molecular weight is 909 g/mol. The Morgan fingerprint density at radius 3 is 1.21 bits per heavy atom. The third kappa shape index (κ3) is 43.7. The predicted octanol–water partition coefficient (Wildman–Crippen LogP) is 15.1. The highest BCUT2D eigenvalue weighted by Gasteiger charge is 2.19. The quantitative estimate of drug-likeness (QED) is 0.0467. The standard InChI is InChI=1S/C55H114N5O2P/c1-6-11-15-19-23-29-35-44-58(45-36-31-27-28-34-42-56)48-49-59(46-37-30-24-20-16-12-7-2)53-55(62)60(43-10-5)47-40-41-54(61)52-57-63(50-38-32-25-21-17-13-8-3)51-39-33-26-22-18-14-9-4/h57H,6-53,56H2,1-5H3. The Hall–Kier alpha value is -0.590. The van der Waals surface area contributed by atoms with Crippen molar-refractivity contribution in [1.29, 1.82) is 0 Å². The molecule has 0 saturated heterocycles. The second-order valence-electron chi connectivity index (χ2n) is 19.5. The summed E-state index contributed by atoms with van der Waals surface area (Å²) < 4.78 is 0. The molecule has 0 heterocycles. The van der Waals surface area contributed by atoms with E-state index in [2.05, 4.69) is 54.4 Å². The van der Waals surface area contributed by atoms with Gasteiger partial charge in [0.15, 0.2) is 0 Å². The number of hydrogen-bond acceptors (Lipinski definition) is 6. The lowest BCUT2D eigenvalue weighted by Gasteiger charge is -2.30. The number of rotatable bonds is 53. The van der Waals surface area contributed by atoms with E-state index in [4.69, 9.17) is 5.73 Å². The SMILES string of the molecule is CCCCCCCCCN(CCCCCCCN)CCN(CCCCCCCCC)CC(=O)N(CCC)CCCC(=O)CNP(CCCCCCCCC)CCCCCCCCC. The maximum Gasteiger partial charge on any atom is 0.236 e. The fourth-order valence-corrected chi connectivity index (χ4v) is 11.1. The third-order valence-corrected chi connectivity index (χ3v) is 15.5. The Labute approximate surface area is 396 Å². The minimum atomic E-state index is -0.285. The molecule has 0 spiro atoms. The maximum absolute atomic E-state index is 14.1. The van der Waals surface area contributed by atoms with Crippen molar-refractivity contribution < 1.29 is 9.59 Å². The molecular formula is C55H114N5O2P. The van der Waals surface area contributed by atoms with Crippen molar-refractivity contribution in [3.8, 4) is 0 Å². The first-order chi connectivity index (χ1) is 30.9. The van der Waals surface area contributed by atoms with Crippen molar-refractivity contribution in [2.75, 3.05) is 77.8 Å². The summed E-state index contributed by atoms with van der Waals surface area (Å²) >= 11 is 0. The van der Waals surface area contributed by atoms with Crippen LogP contribution in [0, 0.1) is 0 Å². The molecule has 0 atom stereocenters. The van der Waals surface area contributed by atoms with Gasteiger partial charge in [-0.1, -0.05) is 208 Å². The van der Waals surface area contributed by atoms with Gasteiger partial charge < -0.3 is 15.5 Å². The first-order valence-electron chi connectivity index (χ1n) is 28.4. The van der Waals surface area contributed by atoms with E-state index in [9.17, 15) is 9.59 Å². The molecule has 0 saturated carbocycles. The van der Waals surface area contributed by atoms with Crippen LogP contribution in [0.1, 0.15) is 266 Å². The van der Waals surface area contributed by atoms with Crippen LogP contribution in [0.3, 0.4) is 0 Å². The number of nitrogens with one attached hydrogen (secondary N) is 1. The molecule has 0 unspecified atom stereocenters. The van der Waals surface area contributed by atoms with E-state index in [1.165, 1.54) is 231 Å². The topological polar surface area (TPSA) is 81.9 Å². The molecule has 0 aromatic heterocycles. The molecule has 0 bridgehead atoms. The lowest BCUT2D eigenvalue weighted by atomic mass is 10.1. The summed E-state index contributed by atoms with van der Waals surface area (Å²) in [4.78, 5) is 34.6. The Morgan fingerprint density at radius 2 is 0.778 bits per heavy atom. The van der Waals surface area contributed by atoms with Crippen LogP contribution in [0.15, 0.2) is 0 Å². The number of amides is 1. The largest absolute Gasteiger partial charge is 0.342 e. The van der Waals surface area contributed by atoms with Crippen LogP contribution in [0.2, 0.25) is 0 Å². The van der Waals surface area contributed by atoms with E-state index in [0.29, 0.717) is 31.8 Å². The highest BCUT2D eigenvalue weighted by Crippen LogP contribution is 2.34. The highest BCUT2D eigenvalue weighted by atomic mass is 31.1. The van der Waals surface area contributed by atoms with Gasteiger partial charge >= 0.3 is 0 Å². The first-order valence-corrected chi connectivity index (χ1v) is 30.1. The molecule has 8 heteroatoms. The molecule has 63 heavy (non-hydrogen) atoms. The smallest absolute Gasteiger partial charge is 0.236 e. The molecule has 0 aliphatic carbocycles. The van der Waals surface area contributed by atoms with Gasteiger partial charge in [-0.15, -0.1) is 0 Å². The molecule has 0 aliphatic rings. The number of nitrogens with two attached hydrogens (primary N) is 1. The monoisotopic (exact) mass is 908 g/mol. The number of unbranched alkanes of at least 4 members (excludes halogenated alkanes) is 28. The fraction of sp³-hybridized carbons (Fsp3) is 0.964. The van der Waals surface area contributed by atoms with Gasteiger partial charge in [0.1, 0.15) is 5.78 Å². The summed E-state index contributed by atoms with van der Waals surface area (Å²) in [5, 5.41) is 3.79. The zero-order chi connectivity index (χ0) is 46.1. The van der Waals surface area contributed by atoms with Gasteiger partial charge in [-0.2, -0.15) is 0 Å². The number of nitrogens with zero attached hydrogens (tertiary/aromatic N) is 3. The van der Waals surface area contributed by atoms with Gasteiger partial charge in [-0.25, -0.2) is 0 Å². The predicted molar refractivity (Wildman–Crippen MR) is 283 cm³/mol. The lowest BCUT2D eigenvalue weighted by Crippen LogP contribution is -2.44. The average Bonchev–Trinajstić information content (AvgIpc) is 3.28. The zero-order valence-electron chi connectivity index (χ0n) is 43.6. The molecule has 0 aromatic carbocycles. The third-order valence-electron chi connectivity index (χ3n) is 13.2. The van der Waals surface area contributed by atoms with Crippen LogP contribution < -0.4 is 10.8 Å². The van der Waals surface area contributed by atoms with Gasteiger partial charge in [0, 0.05) is 32.6 Å². The van der Waals surface area contributed by atoms with Gasteiger partial charge in [-0.3, -0.25) is 19.6 Å². The Balaban J connectivity index is 5.31. The summed E-state index contributed by atoms with van der Waals surface area (Å²) in [6.45, 7) is 20.0. The number of hydrogen-bond donors (Lipinski definition) is 2. The second-order valence-corrected chi connectivity index (χ2v) is 21.8. The summed E-state index contributed by atoms with van der Waals surface area (Å²) in [6.07, 6.45) is 48.4. The van der Waals surface area contributed by atoms with E-state index in [-0.39, 0.29) is 14.0 Å². The van der Waals surface area contributed by atoms with Crippen molar-refractivity contribution in [2.45, 2.75) is 266 Å². The van der Waals surface area contributed by atoms with Gasteiger partial charge in [-0.05, 0) is 97.9 Å². The number of Topliss-reactive ketones (excluding diaryl/α,β-unsaturated/α-hetero) is 1. The van der Waals surface area contributed by atoms with E-state index < -0.39 is 0 Å². The summed E-state index contributed by atoms with van der Waals surface area (Å²) in [7, 11) is -0.285. The first kappa shape index (κ1) is 62.4. The minimum absolute atomic E-state index is 0.261. The summed E-state index contributed by atoms with van der Waals surface area (Å²) in [5.41, 5.74) is 5.76. The van der Waals surface area contributed by atoms with E-state index in [0.717, 1.165) is 52.0 Å². The van der Waals surface area contributed by atoms with Crippen LogP contribution in [0.5, 0.6) is 0 Å². The maximum atomic E-state index is 14.1. The fourth-order valence-electron chi connectivity index (χ4n) is 8.95. The van der Waals surface area contributed by atoms with Gasteiger partial charge in [0.25, 0.3) is 0 Å². The number of carbonyl (C=O) groups is 2. The molecule has 0 radical (unpaired) electrons. The van der Waals surface area contributed by atoms with Gasteiger partial charge in [0.2, 0.25) is 5.91 Å². The Bertz CT molecular complexity index is 923. The minimum Gasteiger partial charge on any atom is -0.342 e. The molecule has 0 fully saturated rings. The lowest BCUT2D eigenvalue weighted by molar-refractivity contribution is -0.133. The van der Waals surface area contributed by atoms with Crippen LogP contribution in [-0.4, -0.2) is 104 Å². The van der Waals surface area contributed by atoms with Gasteiger partial charge in [0.05, 0.1) is 13.1 Å². The molecule has 7 nitrogen and oxygen atoms in total. The highest BCUT2D eigenvalue weighted by molar-refractivity contribution is 7.55. The molecule has 0 aromatic rings.